The molecule has 0 saturated carbocycles. The Labute approximate surface area is 87.9 Å². The lowest BCUT2D eigenvalue weighted by Gasteiger charge is -2.19. The smallest absolute Gasteiger partial charge is 0.326 e. The minimum absolute atomic E-state index is 0.0171. The summed E-state index contributed by atoms with van der Waals surface area (Å²) in [4.78, 5) is 20.5. The van der Waals surface area contributed by atoms with Crippen molar-refractivity contribution in [1.82, 2.24) is 0 Å². The van der Waals surface area contributed by atoms with Crippen molar-refractivity contribution in [2.24, 2.45) is 5.73 Å². The molecule has 3 unspecified atom stereocenters. The molecule has 0 radical (unpaired) electrons. The summed E-state index contributed by atoms with van der Waals surface area (Å²) in [6, 6.07) is 0. The third-order valence-electron chi connectivity index (χ3n) is 2.45. The van der Waals surface area contributed by atoms with Crippen LogP contribution in [0.25, 0.3) is 0 Å². The molecular formula is C8H16NO5P. The summed E-state index contributed by atoms with van der Waals surface area (Å²) in [6.07, 6.45) is -0.302. The Hall–Kier alpha value is -0.420. The lowest BCUT2D eigenvalue weighted by molar-refractivity contribution is -0.146. The van der Waals surface area contributed by atoms with Crippen molar-refractivity contribution in [1.29, 1.82) is 0 Å². The van der Waals surface area contributed by atoms with Gasteiger partial charge in [-0.3, -0.25) is 9.36 Å². The number of carbonyl (C=O) groups excluding carboxylic acids is 1. The zero-order valence-corrected chi connectivity index (χ0v) is 9.44. The maximum atomic E-state index is 11.4. The normalized spacial score (nSPS) is 34.9. The molecule has 4 N–H and O–H groups in total. The third kappa shape index (κ3) is 3.28. The van der Waals surface area contributed by atoms with E-state index >= 15 is 0 Å². The van der Waals surface area contributed by atoms with Crippen molar-refractivity contribution in [3.8, 4) is 0 Å². The number of hydrogen-bond donors (Lipinski definition) is 3. The standard InChI is InChI=1S/C8H16NO5P/c1-15(12,13)3-2-8(9)4-6(5-10)14-7(8)11/h6,10H,2-5,9H2,1H3,(H,12,13). The van der Waals surface area contributed by atoms with E-state index in [1.54, 1.807) is 0 Å². The molecule has 1 aliphatic heterocycles. The fraction of sp³-hybridized carbons (Fsp3) is 0.875. The Bertz CT molecular complexity index is 301. The van der Waals surface area contributed by atoms with Crippen molar-refractivity contribution in [2.75, 3.05) is 19.4 Å². The first-order valence-electron chi connectivity index (χ1n) is 4.67. The fourth-order valence-corrected chi connectivity index (χ4v) is 2.33. The van der Waals surface area contributed by atoms with Crippen molar-refractivity contribution < 1.29 is 24.1 Å². The fourth-order valence-electron chi connectivity index (χ4n) is 1.51. The molecule has 0 aromatic heterocycles. The average molecular weight is 237 g/mol. The van der Waals surface area contributed by atoms with Gasteiger partial charge in [-0.05, 0) is 6.42 Å². The van der Waals surface area contributed by atoms with E-state index in [1.807, 2.05) is 0 Å². The molecule has 15 heavy (non-hydrogen) atoms. The predicted octanol–water partition coefficient (Wildman–Crippen LogP) is -0.718. The lowest BCUT2D eigenvalue weighted by atomic mass is 9.94. The molecular weight excluding hydrogens is 221 g/mol. The van der Waals surface area contributed by atoms with Gasteiger partial charge in [-0.25, -0.2) is 0 Å². The number of aliphatic hydroxyl groups excluding tert-OH is 1. The van der Waals surface area contributed by atoms with E-state index in [0.717, 1.165) is 0 Å². The number of hydrogen-bond acceptors (Lipinski definition) is 5. The first-order valence-corrected chi connectivity index (χ1v) is 6.96. The van der Waals surface area contributed by atoms with Gasteiger partial charge in [0.2, 0.25) is 0 Å². The van der Waals surface area contributed by atoms with Crippen molar-refractivity contribution >= 4 is 13.3 Å². The highest BCUT2D eigenvalue weighted by molar-refractivity contribution is 7.57. The van der Waals surface area contributed by atoms with Gasteiger partial charge >= 0.3 is 5.97 Å². The molecule has 0 aromatic rings. The number of aliphatic hydroxyl groups is 1. The van der Waals surface area contributed by atoms with Crippen LogP contribution in [0.2, 0.25) is 0 Å². The van der Waals surface area contributed by atoms with Crippen LogP contribution in [-0.2, 0) is 14.1 Å². The molecule has 1 fully saturated rings. The van der Waals surface area contributed by atoms with Crippen LogP contribution in [0.4, 0.5) is 0 Å². The Morgan fingerprint density at radius 3 is 2.73 bits per heavy atom. The van der Waals surface area contributed by atoms with Crippen LogP contribution in [0.3, 0.4) is 0 Å². The minimum Gasteiger partial charge on any atom is -0.458 e. The summed E-state index contributed by atoms with van der Waals surface area (Å²) in [5.41, 5.74) is 4.54. The van der Waals surface area contributed by atoms with Gasteiger partial charge in [0.1, 0.15) is 11.6 Å². The van der Waals surface area contributed by atoms with Crippen LogP contribution >= 0.6 is 7.37 Å². The van der Waals surface area contributed by atoms with Crippen molar-refractivity contribution in [3.05, 3.63) is 0 Å². The van der Waals surface area contributed by atoms with Gasteiger partial charge in [0.25, 0.3) is 0 Å². The summed E-state index contributed by atoms with van der Waals surface area (Å²) in [5, 5.41) is 8.81. The number of ether oxygens (including phenoxy) is 1. The summed E-state index contributed by atoms with van der Waals surface area (Å²) in [6.45, 7) is 0.952. The monoisotopic (exact) mass is 237 g/mol. The highest BCUT2D eigenvalue weighted by Gasteiger charge is 2.46. The van der Waals surface area contributed by atoms with E-state index in [1.165, 1.54) is 6.66 Å². The molecule has 88 valence electrons. The van der Waals surface area contributed by atoms with Crippen LogP contribution in [0.1, 0.15) is 12.8 Å². The second-order valence-corrected chi connectivity index (χ2v) is 6.64. The molecule has 1 heterocycles. The van der Waals surface area contributed by atoms with Crippen LogP contribution in [0, 0.1) is 0 Å². The first kappa shape index (κ1) is 12.6. The van der Waals surface area contributed by atoms with Gasteiger partial charge in [0, 0.05) is 19.2 Å². The predicted molar refractivity (Wildman–Crippen MR) is 53.7 cm³/mol. The number of nitrogens with two attached hydrogens (primary N) is 1. The van der Waals surface area contributed by atoms with E-state index in [0.29, 0.717) is 0 Å². The lowest BCUT2D eigenvalue weighted by Crippen LogP contribution is -2.45. The first-order chi connectivity index (χ1) is 6.77. The Balaban J connectivity index is 2.60. The molecule has 0 aromatic carbocycles. The van der Waals surface area contributed by atoms with E-state index in [4.69, 9.17) is 20.5 Å². The third-order valence-corrected chi connectivity index (χ3v) is 3.50. The van der Waals surface area contributed by atoms with Crippen LogP contribution in [0.5, 0.6) is 0 Å². The SMILES string of the molecule is CP(=O)(O)CCC1(N)CC(CO)OC1=O. The van der Waals surface area contributed by atoms with Gasteiger partial charge in [-0.1, -0.05) is 0 Å². The van der Waals surface area contributed by atoms with Gasteiger partial charge in [0.05, 0.1) is 6.61 Å². The molecule has 1 aliphatic rings. The highest BCUT2D eigenvalue weighted by atomic mass is 31.2. The van der Waals surface area contributed by atoms with E-state index < -0.39 is 25.0 Å². The summed E-state index contributed by atoms with van der Waals surface area (Å²) in [7, 11) is -3.17. The molecule has 0 aliphatic carbocycles. The number of rotatable bonds is 4. The van der Waals surface area contributed by atoms with Gasteiger partial charge < -0.3 is 20.5 Å². The summed E-state index contributed by atoms with van der Waals surface area (Å²) >= 11 is 0. The van der Waals surface area contributed by atoms with Gasteiger partial charge in [0.15, 0.2) is 7.37 Å². The van der Waals surface area contributed by atoms with Crippen LogP contribution < -0.4 is 5.73 Å². The zero-order valence-electron chi connectivity index (χ0n) is 8.55. The Morgan fingerprint density at radius 2 is 2.33 bits per heavy atom. The second-order valence-electron chi connectivity index (χ2n) is 4.09. The van der Waals surface area contributed by atoms with Crippen LogP contribution in [-0.4, -0.2) is 47.0 Å². The largest absolute Gasteiger partial charge is 0.458 e. The maximum Gasteiger partial charge on any atom is 0.326 e. The number of carbonyl (C=O) groups is 1. The molecule has 0 amide bonds. The second kappa shape index (κ2) is 4.22. The van der Waals surface area contributed by atoms with Crippen LogP contribution in [0.15, 0.2) is 0 Å². The Kier molecular flexibility index (Phi) is 3.55. The number of cyclic esters (lactones) is 1. The summed E-state index contributed by atoms with van der Waals surface area (Å²) < 4.78 is 15.9. The topological polar surface area (TPSA) is 110 Å². The molecule has 1 rings (SSSR count). The number of esters is 1. The van der Waals surface area contributed by atoms with E-state index in [-0.39, 0.29) is 25.6 Å². The van der Waals surface area contributed by atoms with Gasteiger partial charge in [-0.2, -0.15) is 0 Å². The van der Waals surface area contributed by atoms with Crippen molar-refractivity contribution in [3.63, 3.8) is 0 Å². The van der Waals surface area contributed by atoms with Crippen molar-refractivity contribution in [2.45, 2.75) is 24.5 Å². The minimum atomic E-state index is -3.17. The van der Waals surface area contributed by atoms with E-state index in [9.17, 15) is 9.36 Å². The quantitative estimate of drug-likeness (QED) is 0.439. The van der Waals surface area contributed by atoms with Gasteiger partial charge in [-0.15, -0.1) is 0 Å². The Morgan fingerprint density at radius 1 is 1.73 bits per heavy atom. The maximum absolute atomic E-state index is 11.4. The molecule has 0 bridgehead atoms. The zero-order chi connectivity index (χ0) is 11.7. The molecule has 7 heteroatoms. The average Bonchev–Trinajstić information content (AvgIpc) is 2.39. The molecule has 0 spiro atoms. The van der Waals surface area contributed by atoms with E-state index in [2.05, 4.69) is 0 Å². The molecule has 6 nitrogen and oxygen atoms in total. The highest BCUT2D eigenvalue weighted by Crippen LogP contribution is 2.39. The molecule has 3 atom stereocenters. The molecule has 1 saturated heterocycles. The summed E-state index contributed by atoms with van der Waals surface area (Å²) in [5.74, 6) is -0.602.